The molecule has 3 N–H and O–H groups in total. The van der Waals surface area contributed by atoms with Crippen molar-refractivity contribution in [1.82, 2.24) is 5.32 Å². The molecule has 7 nitrogen and oxygen atoms in total. The maximum atomic E-state index is 12.4. The molecule has 1 unspecified atom stereocenters. The number of carbonyl (C=O) groups excluding carboxylic acids is 2. The van der Waals surface area contributed by atoms with Crippen molar-refractivity contribution in [3.05, 3.63) is 89.5 Å². The van der Waals surface area contributed by atoms with Gasteiger partial charge in [0, 0.05) is 18.2 Å². The molecule has 1 atom stereocenters. The Morgan fingerprint density at radius 2 is 1.51 bits per heavy atom. The quantitative estimate of drug-likeness (QED) is 0.414. The summed E-state index contributed by atoms with van der Waals surface area (Å²) in [4.78, 5) is 35.3. The highest BCUT2D eigenvalue weighted by Crippen LogP contribution is 2.44. The molecule has 4 rings (SSSR count). The molecule has 0 bridgehead atoms. The SMILES string of the molecule is CC(CCNC(=O)Cc1ccc(NC(=O)OCC2c3ccccc3-c3ccccc32)cc1)C(=O)O. The van der Waals surface area contributed by atoms with Crippen LogP contribution < -0.4 is 10.6 Å². The van der Waals surface area contributed by atoms with Gasteiger partial charge in [0.05, 0.1) is 12.3 Å². The second-order valence-electron chi connectivity index (χ2n) is 8.70. The van der Waals surface area contributed by atoms with E-state index >= 15 is 0 Å². The largest absolute Gasteiger partial charge is 0.481 e. The Bertz CT molecular complexity index is 1180. The number of rotatable bonds is 9. The molecule has 1 aliphatic carbocycles. The van der Waals surface area contributed by atoms with Crippen LogP contribution in [0.2, 0.25) is 0 Å². The minimum Gasteiger partial charge on any atom is -0.481 e. The Morgan fingerprint density at radius 3 is 2.11 bits per heavy atom. The molecule has 0 fully saturated rings. The van der Waals surface area contributed by atoms with E-state index in [0.29, 0.717) is 18.7 Å². The summed E-state index contributed by atoms with van der Waals surface area (Å²) in [5.41, 5.74) is 6.01. The lowest BCUT2D eigenvalue weighted by Crippen LogP contribution is -2.28. The maximum Gasteiger partial charge on any atom is 0.411 e. The molecular formula is C28H28N2O5. The predicted octanol–water partition coefficient (Wildman–Crippen LogP) is 4.82. The van der Waals surface area contributed by atoms with Gasteiger partial charge < -0.3 is 15.2 Å². The molecule has 0 saturated carbocycles. The van der Waals surface area contributed by atoms with Crippen LogP contribution in [-0.4, -0.2) is 36.2 Å². The molecule has 0 saturated heterocycles. The second-order valence-corrected chi connectivity index (χ2v) is 8.70. The second kappa shape index (κ2) is 10.9. The molecule has 0 aromatic heterocycles. The third-order valence-electron chi connectivity index (χ3n) is 6.23. The van der Waals surface area contributed by atoms with Gasteiger partial charge in [-0.3, -0.25) is 14.9 Å². The van der Waals surface area contributed by atoms with Gasteiger partial charge in [0.1, 0.15) is 6.61 Å². The van der Waals surface area contributed by atoms with Crippen LogP contribution in [0.15, 0.2) is 72.8 Å². The van der Waals surface area contributed by atoms with Crippen molar-refractivity contribution in [3.8, 4) is 11.1 Å². The van der Waals surface area contributed by atoms with Gasteiger partial charge in [-0.05, 0) is 46.4 Å². The number of hydrogen-bond donors (Lipinski definition) is 3. The van der Waals surface area contributed by atoms with E-state index in [9.17, 15) is 14.4 Å². The summed E-state index contributed by atoms with van der Waals surface area (Å²) in [5, 5.41) is 14.4. The number of carboxylic acids is 1. The molecule has 7 heteroatoms. The van der Waals surface area contributed by atoms with Gasteiger partial charge in [0.25, 0.3) is 0 Å². The summed E-state index contributed by atoms with van der Waals surface area (Å²) in [6.07, 6.45) is 0.0152. The monoisotopic (exact) mass is 472 g/mol. The summed E-state index contributed by atoms with van der Waals surface area (Å²) < 4.78 is 5.56. The molecule has 0 heterocycles. The number of carboxylic acid groups (broad SMARTS) is 1. The molecule has 180 valence electrons. The van der Waals surface area contributed by atoms with Crippen molar-refractivity contribution in [2.24, 2.45) is 5.92 Å². The molecule has 0 aliphatic heterocycles. The normalized spacial score (nSPS) is 12.8. The molecule has 0 spiro atoms. The van der Waals surface area contributed by atoms with E-state index in [0.717, 1.165) is 16.7 Å². The molecule has 1 aliphatic rings. The Hall–Kier alpha value is -4.13. The van der Waals surface area contributed by atoms with Crippen molar-refractivity contribution in [2.45, 2.75) is 25.7 Å². The summed E-state index contributed by atoms with van der Waals surface area (Å²) >= 11 is 0. The van der Waals surface area contributed by atoms with Crippen molar-refractivity contribution >= 4 is 23.7 Å². The Balaban J connectivity index is 1.26. The van der Waals surface area contributed by atoms with Crippen molar-refractivity contribution in [3.63, 3.8) is 0 Å². The van der Waals surface area contributed by atoms with Crippen LogP contribution in [0.25, 0.3) is 11.1 Å². The van der Waals surface area contributed by atoms with Crippen LogP contribution in [-0.2, 0) is 20.7 Å². The fourth-order valence-electron chi connectivity index (χ4n) is 4.26. The number of amides is 2. The number of ether oxygens (including phenoxy) is 1. The summed E-state index contributed by atoms with van der Waals surface area (Å²) in [6.45, 7) is 2.16. The molecule has 2 amide bonds. The lowest BCUT2D eigenvalue weighted by atomic mass is 9.98. The lowest BCUT2D eigenvalue weighted by Gasteiger charge is -2.14. The maximum absolute atomic E-state index is 12.4. The predicted molar refractivity (Wildman–Crippen MR) is 133 cm³/mol. The number of aliphatic carboxylic acids is 1. The van der Waals surface area contributed by atoms with Crippen LogP contribution in [0.3, 0.4) is 0 Å². The number of anilines is 1. The highest BCUT2D eigenvalue weighted by Gasteiger charge is 2.29. The highest BCUT2D eigenvalue weighted by atomic mass is 16.5. The van der Waals surface area contributed by atoms with Gasteiger partial charge in [-0.1, -0.05) is 67.6 Å². The Labute approximate surface area is 204 Å². The third kappa shape index (κ3) is 5.87. The van der Waals surface area contributed by atoms with Gasteiger partial charge in [-0.15, -0.1) is 0 Å². The molecule has 0 radical (unpaired) electrons. The Morgan fingerprint density at radius 1 is 0.914 bits per heavy atom. The third-order valence-corrected chi connectivity index (χ3v) is 6.23. The Kier molecular flexibility index (Phi) is 7.45. The molecule has 35 heavy (non-hydrogen) atoms. The summed E-state index contributed by atoms with van der Waals surface area (Å²) in [5.74, 6) is -1.57. The average molecular weight is 473 g/mol. The number of carbonyl (C=O) groups is 3. The molecular weight excluding hydrogens is 444 g/mol. The minimum absolute atomic E-state index is 0.00692. The lowest BCUT2D eigenvalue weighted by molar-refractivity contribution is -0.141. The molecule has 3 aromatic rings. The summed E-state index contributed by atoms with van der Waals surface area (Å²) in [7, 11) is 0. The van der Waals surface area contributed by atoms with Crippen molar-refractivity contribution < 1.29 is 24.2 Å². The zero-order valence-corrected chi connectivity index (χ0v) is 19.5. The van der Waals surface area contributed by atoms with E-state index in [-0.39, 0.29) is 24.9 Å². The number of benzene rings is 3. The first-order valence-electron chi connectivity index (χ1n) is 11.6. The number of nitrogens with one attached hydrogen (secondary N) is 2. The smallest absolute Gasteiger partial charge is 0.411 e. The fraction of sp³-hybridized carbons (Fsp3) is 0.250. The zero-order chi connectivity index (χ0) is 24.8. The first kappa shape index (κ1) is 24.0. The highest BCUT2D eigenvalue weighted by molar-refractivity contribution is 5.85. The van der Waals surface area contributed by atoms with Crippen LogP contribution in [0.1, 0.15) is 36.0 Å². The van der Waals surface area contributed by atoms with Gasteiger partial charge >= 0.3 is 12.1 Å². The van der Waals surface area contributed by atoms with E-state index in [1.54, 1.807) is 31.2 Å². The van der Waals surface area contributed by atoms with Gasteiger partial charge in [-0.25, -0.2) is 4.79 Å². The van der Waals surface area contributed by atoms with Crippen LogP contribution in [0.5, 0.6) is 0 Å². The molecule has 3 aromatic carbocycles. The van der Waals surface area contributed by atoms with Gasteiger partial charge in [-0.2, -0.15) is 0 Å². The van der Waals surface area contributed by atoms with Crippen LogP contribution in [0.4, 0.5) is 10.5 Å². The minimum atomic E-state index is -0.876. The van der Waals surface area contributed by atoms with Crippen molar-refractivity contribution in [2.75, 3.05) is 18.5 Å². The van der Waals surface area contributed by atoms with E-state index in [1.165, 1.54) is 11.1 Å². The van der Waals surface area contributed by atoms with E-state index in [2.05, 4.69) is 34.9 Å². The topological polar surface area (TPSA) is 105 Å². The van der Waals surface area contributed by atoms with Crippen LogP contribution in [0, 0.1) is 5.92 Å². The fourth-order valence-corrected chi connectivity index (χ4v) is 4.26. The van der Waals surface area contributed by atoms with E-state index < -0.39 is 18.0 Å². The van der Waals surface area contributed by atoms with Gasteiger partial charge in [0.2, 0.25) is 5.91 Å². The van der Waals surface area contributed by atoms with Crippen LogP contribution >= 0.6 is 0 Å². The average Bonchev–Trinajstić information content (AvgIpc) is 3.17. The van der Waals surface area contributed by atoms with Crippen molar-refractivity contribution in [1.29, 1.82) is 0 Å². The van der Waals surface area contributed by atoms with Gasteiger partial charge in [0.15, 0.2) is 0 Å². The number of hydrogen-bond acceptors (Lipinski definition) is 4. The number of fused-ring (bicyclic) bond motifs is 3. The van der Waals surface area contributed by atoms with E-state index in [4.69, 9.17) is 9.84 Å². The summed E-state index contributed by atoms with van der Waals surface area (Å²) in [6, 6.07) is 23.3. The standard InChI is InChI=1S/C28H28N2O5/c1-18(27(32)33)14-15-29-26(31)16-19-10-12-20(13-11-19)30-28(34)35-17-25-23-8-4-2-6-21(23)22-7-3-5-9-24(22)25/h2-13,18,25H,14-17H2,1H3,(H,29,31)(H,30,34)(H,32,33). The van der Waals surface area contributed by atoms with E-state index in [1.807, 2.05) is 24.3 Å². The zero-order valence-electron chi connectivity index (χ0n) is 19.5. The first-order valence-corrected chi connectivity index (χ1v) is 11.6. The first-order chi connectivity index (χ1) is 16.9.